The van der Waals surface area contributed by atoms with Gasteiger partial charge in [0, 0.05) is 6.07 Å². The molecule has 7 heteroatoms. The third-order valence-corrected chi connectivity index (χ3v) is 3.04. The number of hydrogen-bond donors (Lipinski definition) is 2. The van der Waals surface area contributed by atoms with Gasteiger partial charge in [-0.15, -0.1) is 0 Å². The van der Waals surface area contributed by atoms with Gasteiger partial charge in [0.2, 0.25) is 0 Å². The van der Waals surface area contributed by atoms with E-state index in [4.69, 9.17) is 4.42 Å². The van der Waals surface area contributed by atoms with E-state index in [1.54, 1.807) is 30.3 Å². The lowest BCUT2D eigenvalue weighted by Crippen LogP contribution is -2.23. The molecule has 23 heavy (non-hydrogen) atoms. The zero-order valence-corrected chi connectivity index (χ0v) is 12.0. The van der Waals surface area contributed by atoms with Crippen molar-refractivity contribution in [1.29, 1.82) is 0 Å². The van der Waals surface area contributed by atoms with Gasteiger partial charge < -0.3 is 15.1 Å². The van der Waals surface area contributed by atoms with E-state index in [1.807, 2.05) is 0 Å². The van der Waals surface area contributed by atoms with Crippen LogP contribution in [0.4, 0.5) is 15.9 Å². The maximum atomic E-state index is 13.6. The average Bonchev–Trinajstić information content (AvgIpc) is 3.08. The van der Waals surface area contributed by atoms with Crippen LogP contribution in [-0.2, 0) is 6.54 Å². The second-order valence-electron chi connectivity index (χ2n) is 4.66. The number of benzene rings is 1. The topological polar surface area (TPSA) is 80.0 Å². The Labute approximate surface area is 131 Å². The molecule has 1 aromatic carbocycles. The minimum atomic E-state index is -0.407. The average molecular weight is 312 g/mol. The summed E-state index contributed by atoms with van der Waals surface area (Å²) in [5.74, 6) is 0.181. The maximum absolute atomic E-state index is 13.6. The van der Waals surface area contributed by atoms with Gasteiger partial charge in [-0.1, -0.05) is 12.1 Å². The molecule has 6 nitrogen and oxygen atoms in total. The fourth-order valence-corrected chi connectivity index (χ4v) is 1.92. The van der Waals surface area contributed by atoms with Gasteiger partial charge in [-0.3, -0.25) is 4.79 Å². The van der Waals surface area contributed by atoms with Crippen LogP contribution in [0.3, 0.4) is 0 Å². The summed E-state index contributed by atoms with van der Waals surface area (Å²) in [4.78, 5) is 20.0. The molecule has 0 saturated carbocycles. The van der Waals surface area contributed by atoms with Gasteiger partial charge in [0.15, 0.2) is 0 Å². The predicted molar refractivity (Wildman–Crippen MR) is 81.6 cm³/mol. The highest BCUT2D eigenvalue weighted by molar-refractivity contribution is 5.92. The molecule has 0 unspecified atom stereocenters. The third kappa shape index (κ3) is 3.70. The van der Waals surface area contributed by atoms with E-state index in [2.05, 4.69) is 20.6 Å². The Hall–Kier alpha value is -3.22. The van der Waals surface area contributed by atoms with Crippen molar-refractivity contribution in [2.45, 2.75) is 6.54 Å². The molecule has 0 bridgehead atoms. The summed E-state index contributed by atoms with van der Waals surface area (Å²) in [5, 5.41) is 5.49. The molecule has 116 valence electrons. The molecule has 0 aliphatic carbocycles. The van der Waals surface area contributed by atoms with Crippen molar-refractivity contribution in [3.05, 3.63) is 72.3 Å². The van der Waals surface area contributed by atoms with Gasteiger partial charge in [-0.05, 0) is 24.3 Å². The lowest BCUT2D eigenvalue weighted by atomic mass is 10.3. The zero-order chi connectivity index (χ0) is 16.1. The molecular weight excluding hydrogens is 299 g/mol. The van der Waals surface area contributed by atoms with Crippen LogP contribution in [0.2, 0.25) is 0 Å². The predicted octanol–water partition coefficient (Wildman–Crippen LogP) is 2.88. The number of furan rings is 1. The van der Waals surface area contributed by atoms with Crippen molar-refractivity contribution in [3.8, 4) is 0 Å². The van der Waals surface area contributed by atoms with Crippen LogP contribution in [0.1, 0.15) is 16.2 Å². The van der Waals surface area contributed by atoms with Gasteiger partial charge in [-0.25, -0.2) is 14.4 Å². The highest BCUT2D eigenvalue weighted by Gasteiger charge is 2.10. The number of halogens is 1. The Kier molecular flexibility index (Phi) is 4.28. The van der Waals surface area contributed by atoms with E-state index in [9.17, 15) is 9.18 Å². The number of aromatic nitrogens is 2. The van der Waals surface area contributed by atoms with Crippen LogP contribution in [0, 0.1) is 5.82 Å². The second-order valence-corrected chi connectivity index (χ2v) is 4.66. The van der Waals surface area contributed by atoms with Crippen LogP contribution in [0.25, 0.3) is 0 Å². The Morgan fingerprint density at radius 3 is 2.83 bits per heavy atom. The van der Waals surface area contributed by atoms with Crippen molar-refractivity contribution in [2.75, 3.05) is 5.32 Å². The normalized spacial score (nSPS) is 10.3. The Bertz CT molecular complexity index is 805. The fourth-order valence-electron chi connectivity index (χ4n) is 1.92. The quantitative estimate of drug-likeness (QED) is 0.757. The van der Waals surface area contributed by atoms with Gasteiger partial charge in [-0.2, -0.15) is 0 Å². The molecule has 0 fully saturated rings. The SMILES string of the molecule is O=C(NCc1ccco1)c1cc(Nc2ccccc2F)ncn1. The van der Waals surface area contributed by atoms with Crippen LogP contribution < -0.4 is 10.6 Å². The maximum Gasteiger partial charge on any atom is 0.270 e. The van der Waals surface area contributed by atoms with Crippen LogP contribution in [0.15, 0.2) is 59.5 Å². The summed E-state index contributed by atoms with van der Waals surface area (Å²) in [6.45, 7) is 0.256. The van der Waals surface area contributed by atoms with Crippen molar-refractivity contribution in [3.63, 3.8) is 0 Å². The smallest absolute Gasteiger partial charge is 0.270 e. The molecule has 0 aliphatic rings. The first kappa shape index (κ1) is 14.7. The number of hydrogen-bond acceptors (Lipinski definition) is 5. The first-order valence-corrected chi connectivity index (χ1v) is 6.86. The van der Waals surface area contributed by atoms with E-state index in [0.717, 1.165) is 0 Å². The molecule has 0 aliphatic heterocycles. The summed E-state index contributed by atoms with van der Waals surface area (Å²) in [6, 6.07) is 11.1. The summed E-state index contributed by atoms with van der Waals surface area (Å²) in [7, 11) is 0. The lowest BCUT2D eigenvalue weighted by Gasteiger charge is -2.08. The number of carbonyl (C=O) groups excluding carboxylic acids is 1. The van der Waals surface area contributed by atoms with Gasteiger partial charge >= 0.3 is 0 Å². The molecule has 2 heterocycles. The number of rotatable bonds is 5. The standard InChI is InChI=1S/C16H13FN4O2/c17-12-5-1-2-6-13(12)21-15-8-14(19-10-20-15)16(22)18-9-11-4-3-7-23-11/h1-8,10H,9H2,(H,18,22)(H,19,20,21). The summed E-state index contributed by atoms with van der Waals surface area (Å²) in [5.41, 5.74) is 0.443. The van der Waals surface area contributed by atoms with Crippen molar-refractivity contribution in [1.82, 2.24) is 15.3 Å². The van der Waals surface area contributed by atoms with Crippen LogP contribution in [-0.4, -0.2) is 15.9 Å². The molecule has 0 spiro atoms. The van der Waals surface area contributed by atoms with Gasteiger partial charge in [0.05, 0.1) is 18.5 Å². The zero-order valence-electron chi connectivity index (χ0n) is 12.0. The van der Waals surface area contributed by atoms with Crippen LogP contribution >= 0.6 is 0 Å². The third-order valence-electron chi connectivity index (χ3n) is 3.04. The molecule has 2 aromatic heterocycles. The molecule has 3 rings (SSSR count). The number of amides is 1. The van der Waals surface area contributed by atoms with E-state index >= 15 is 0 Å². The molecule has 3 aromatic rings. The molecule has 2 N–H and O–H groups in total. The number of carbonyl (C=O) groups is 1. The van der Waals surface area contributed by atoms with Crippen LogP contribution in [0.5, 0.6) is 0 Å². The minimum absolute atomic E-state index is 0.172. The van der Waals surface area contributed by atoms with Crippen molar-refractivity contribution >= 4 is 17.4 Å². The number of nitrogens with zero attached hydrogens (tertiary/aromatic N) is 2. The summed E-state index contributed by atoms with van der Waals surface area (Å²) >= 11 is 0. The minimum Gasteiger partial charge on any atom is -0.467 e. The molecule has 0 saturated heterocycles. The lowest BCUT2D eigenvalue weighted by molar-refractivity contribution is 0.0943. The number of nitrogens with one attached hydrogen (secondary N) is 2. The van der Waals surface area contributed by atoms with Gasteiger partial charge in [0.25, 0.3) is 5.91 Å². The largest absolute Gasteiger partial charge is 0.467 e. The number of anilines is 2. The Balaban J connectivity index is 1.69. The fraction of sp³-hybridized carbons (Fsp3) is 0.0625. The summed E-state index contributed by atoms with van der Waals surface area (Å²) < 4.78 is 18.8. The molecule has 0 radical (unpaired) electrons. The summed E-state index contributed by atoms with van der Waals surface area (Å²) in [6.07, 6.45) is 2.77. The van der Waals surface area contributed by atoms with Crippen molar-refractivity contribution in [2.24, 2.45) is 0 Å². The second kappa shape index (κ2) is 6.69. The molecule has 1 amide bonds. The van der Waals surface area contributed by atoms with E-state index in [0.29, 0.717) is 11.6 Å². The van der Waals surface area contributed by atoms with Crippen molar-refractivity contribution < 1.29 is 13.6 Å². The molecular formula is C16H13FN4O2. The highest BCUT2D eigenvalue weighted by atomic mass is 19.1. The van der Waals surface area contributed by atoms with E-state index < -0.39 is 5.82 Å². The number of para-hydroxylation sites is 1. The van der Waals surface area contributed by atoms with E-state index in [-0.39, 0.29) is 23.8 Å². The highest BCUT2D eigenvalue weighted by Crippen LogP contribution is 2.17. The van der Waals surface area contributed by atoms with Gasteiger partial charge in [0.1, 0.15) is 29.4 Å². The first-order chi connectivity index (χ1) is 11.2. The Morgan fingerprint density at radius 1 is 1.17 bits per heavy atom. The Morgan fingerprint density at radius 2 is 2.04 bits per heavy atom. The van der Waals surface area contributed by atoms with E-state index in [1.165, 1.54) is 24.7 Å². The first-order valence-electron chi connectivity index (χ1n) is 6.86. The monoisotopic (exact) mass is 312 g/mol. The molecule has 0 atom stereocenters.